The molecule has 2 heterocycles. The molecule has 0 radical (unpaired) electrons. The SMILES string of the molecule is COC(=O)C1=C(C)N(c2cccc(C(F)(F)F)c2)C(=N)N(C(N)=O)[C@@H]1c1ccc(C#N)cc1CC(=O)N1CCOCC1. The molecule has 1 saturated heterocycles. The molecule has 0 bridgehead atoms. The number of carbonyl (C=O) groups excluding carboxylic acids is 3. The van der Waals surface area contributed by atoms with E-state index in [1.165, 1.54) is 31.2 Å². The molecule has 0 saturated carbocycles. The molecule has 42 heavy (non-hydrogen) atoms. The lowest BCUT2D eigenvalue weighted by Crippen LogP contribution is -2.55. The van der Waals surface area contributed by atoms with Crippen molar-refractivity contribution in [2.45, 2.75) is 25.6 Å². The molecule has 0 unspecified atom stereocenters. The van der Waals surface area contributed by atoms with Crippen LogP contribution >= 0.6 is 0 Å². The summed E-state index contributed by atoms with van der Waals surface area (Å²) in [6, 6.07) is 7.77. The van der Waals surface area contributed by atoms with Gasteiger partial charge in [-0.25, -0.2) is 9.59 Å². The Balaban J connectivity index is 1.92. The summed E-state index contributed by atoms with van der Waals surface area (Å²) in [6.07, 6.45) is -4.92. The molecule has 4 rings (SSSR count). The molecule has 14 heteroatoms. The van der Waals surface area contributed by atoms with Crippen LogP contribution in [0.4, 0.5) is 23.7 Å². The van der Waals surface area contributed by atoms with Gasteiger partial charge in [-0.15, -0.1) is 0 Å². The summed E-state index contributed by atoms with van der Waals surface area (Å²) in [5, 5.41) is 18.4. The van der Waals surface area contributed by atoms with Gasteiger partial charge in [0.2, 0.25) is 11.9 Å². The fourth-order valence-electron chi connectivity index (χ4n) is 5.05. The van der Waals surface area contributed by atoms with E-state index in [0.717, 1.165) is 35.1 Å². The van der Waals surface area contributed by atoms with E-state index < -0.39 is 35.7 Å². The molecule has 3 amide bonds. The van der Waals surface area contributed by atoms with Gasteiger partial charge in [0.05, 0.1) is 49.5 Å². The highest BCUT2D eigenvalue weighted by atomic mass is 19.4. The highest BCUT2D eigenvalue weighted by Gasteiger charge is 2.45. The van der Waals surface area contributed by atoms with Crippen LogP contribution in [0.2, 0.25) is 0 Å². The van der Waals surface area contributed by atoms with Gasteiger partial charge in [-0.05, 0) is 48.4 Å². The first-order valence-electron chi connectivity index (χ1n) is 12.7. The minimum absolute atomic E-state index is 0.00323. The zero-order chi connectivity index (χ0) is 30.8. The van der Waals surface area contributed by atoms with Crippen LogP contribution in [0.25, 0.3) is 0 Å². The minimum Gasteiger partial charge on any atom is -0.466 e. The lowest BCUT2D eigenvalue weighted by Gasteiger charge is -2.43. The Morgan fingerprint density at radius 3 is 2.45 bits per heavy atom. The van der Waals surface area contributed by atoms with Crippen LogP contribution in [-0.4, -0.2) is 67.1 Å². The van der Waals surface area contributed by atoms with Crippen LogP contribution in [0.5, 0.6) is 0 Å². The number of methoxy groups -OCH3 is 1. The second-order valence-electron chi connectivity index (χ2n) is 9.50. The minimum atomic E-state index is -4.70. The van der Waals surface area contributed by atoms with E-state index in [-0.39, 0.29) is 46.0 Å². The molecule has 220 valence electrons. The standard InChI is InChI=1S/C28H27F3N6O5/c1-16-23(25(39)41-2)24(21-7-6-17(15-32)12-18(21)13-22(38)35-8-10-42-11-9-35)37(27(34)40)26(33)36(16)20-5-3-4-19(14-20)28(29,30)31/h3-7,12,14,24,33H,8-11,13H2,1-2H3,(H2,34,40)/t24-/m1/s1. The summed E-state index contributed by atoms with van der Waals surface area (Å²) in [5.41, 5.74) is 5.06. The molecule has 0 aliphatic carbocycles. The van der Waals surface area contributed by atoms with Crippen molar-refractivity contribution in [2.75, 3.05) is 38.3 Å². The molecule has 1 fully saturated rings. The highest BCUT2D eigenvalue weighted by molar-refractivity contribution is 6.10. The molecule has 2 aromatic carbocycles. The molecule has 11 nitrogen and oxygen atoms in total. The molecular formula is C28H27F3N6O5. The highest BCUT2D eigenvalue weighted by Crippen LogP contribution is 2.42. The Hall–Kier alpha value is -4.90. The average Bonchev–Trinajstić information content (AvgIpc) is 2.96. The molecule has 2 aromatic rings. The first-order valence-corrected chi connectivity index (χ1v) is 12.7. The van der Waals surface area contributed by atoms with Gasteiger partial charge in [0.1, 0.15) is 6.04 Å². The molecule has 2 aliphatic heterocycles. The number of esters is 1. The van der Waals surface area contributed by atoms with Crippen molar-refractivity contribution in [1.82, 2.24) is 9.80 Å². The fraction of sp³-hybridized carbons (Fsp3) is 0.321. The zero-order valence-electron chi connectivity index (χ0n) is 22.7. The Labute approximate surface area is 239 Å². The normalized spacial score (nSPS) is 17.7. The number of amides is 3. The number of nitrogens with one attached hydrogen (secondary N) is 1. The topological polar surface area (TPSA) is 153 Å². The van der Waals surface area contributed by atoms with Crippen molar-refractivity contribution in [3.63, 3.8) is 0 Å². The van der Waals surface area contributed by atoms with E-state index in [0.29, 0.717) is 26.3 Å². The van der Waals surface area contributed by atoms with Gasteiger partial charge < -0.3 is 20.1 Å². The van der Waals surface area contributed by atoms with Crippen molar-refractivity contribution >= 4 is 29.6 Å². The molecule has 0 spiro atoms. The summed E-state index contributed by atoms with van der Waals surface area (Å²) in [5.74, 6) is -1.87. The third-order valence-electron chi connectivity index (χ3n) is 7.04. The quantitative estimate of drug-likeness (QED) is 0.512. The zero-order valence-corrected chi connectivity index (χ0v) is 22.7. The Morgan fingerprint density at radius 1 is 1.17 bits per heavy atom. The van der Waals surface area contributed by atoms with E-state index in [2.05, 4.69) is 0 Å². The van der Waals surface area contributed by atoms with Crippen molar-refractivity contribution in [2.24, 2.45) is 5.73 Å². The number of ether oxygens (including phenoxy) is 2. The number of nitriles is 1. The van der Waals surface area contributed by atoms with Crippen LogP contribution in [0.15, 0.2) is 53.7 Å². The van der Waals surface area contributed by atoms with Gasteiger partial charge in [0.15, 0.2) is 0 Å². The number of primary amides is 1. The maximum absolute atomic E-state index is 13.5. The number of carbonyl (C=O) groups is 3. The third kappa shape index (κ3) is 5.77. The Morgan fingerprint density at radius 2 is 1.86 bits per heavy atom. The number of alkyl halides is 3. The number of rotatable bonds is 5. The first-order chi connectivity index (χ1) is 19.9. The number of nitrogens with two attached hydrogens (primary N) is 1. The number of benzene rings is 2. The number of hydrogen-bond acceptors (Lipinski definition) is 7. The molecular weight excluding hydrogens is 557 g/mol. The Bertz CT molecular complexity index is 1510. The second-order valence-corrected chi connectivity index (χ2v) is 9.50. The maximum atomic E-state index is 13.5. The van der Waals surface area contributed by atoms with Gasteiger partial charge in [-0.1, -0.05) is 12.1 Å². The van der Waals surface area contributed by atoms with Crippen LogP contribution < -0.4 is 10.6 Å². The van der Waals surface area contributed by atoms with Gasteiger partial charge in [-0.2, -0.15) is 18.4 Å². The number of anilines is 1. The van der Waals surface area contributed by atoms with E-state index in [9.17, 15) is 32.8 Å². The van der Waals surface area contributed by atoms with E-state index >= 15 is 0 Å². The van der Waals surface area contributed by atoms with E-state index in [1.807, 2.05) is 6.07 Å². The van der Waals surface area contributed by atoms with Crippen molar-refractivity contribution in [3.05, 3.63) is 76.0 Å². The van der Waals surface area contributed by atoms with Crippen LogP contribution in [0.1, 0.15) is 35.2 Å². The largest absolute Gasteiger partial charge is 0.466 e. The number of morpholine rings is 1. The van der Waals surface area contributed by atoms with Gasteiger partial charge >= 0.3 is 18.2 Å². The summed E-state index contributed by atoms with van der Waals surface area (Å²) in [4.78, 5) is 42.7. The van der Waals surface area contributed by atoms with Gasteiger partial charge in [-0.3, -0.25) is 20.0 Å². The molecule has 3 N–H and O–H groups in total. The number of hydrogen-bond donors (Lipinski definition) is 2. The summed E-state index contributed by atoms with van der Waals surface area (Å²) in [6.45, 7) is 2.81. The predicted octanol–water partition coefficient (Wildman–Crippen LogP) is 3.30. The van der Waals surface area contributed by atoms with Crippen LogP contribution in [-0.2, 0) is 31.7 Å². The second kappa shape index (κ2) is 11.9. The maximum Gasteiger partial charge on any atom is 0.416 e. The lowest BCUT2D eigenvalue weighted by molar-refractivity contribution is -0.138. The Kier molecular flexibility index (Phi) is 8.53. The number of nitrogens with zero attached hydrogens (tertiary/aromatic N) is 4. The van der Waals surface area contributed by atoms with E-state index in [1.54, 1.807) is 4.90 Å². The summed E-state index contributed by atoms with van der Waals surface area (Å²) in [7, 11) is 1.09. The number of urea groups is 1. The fourth-order valence-corrected chi connectivity index (χ4v) is 5.05. The average molecular weight is 585 g/mol. The molecule has 2 aliphatic rings. The molecule has 1 atom stereocenters. The van der Waals surface area contributed by atoms with Crippen molar-refractivity contribution in [3.8, 4) is 6.07 Å². The summed E-state index contributed by atoms with van der Waals surface area (Å²) >= 11 is 0. The van der Waals surface area contributed by atoms with Crippen LogP contribution in [0, 0.1) is 16.7 Å². The molecule has 0 aromatic heterocycles. The predicted molar refractivity (Wildman–Crippen MR) is 143 cm³/mol. The number of allylic oxidation sites excluding steroid dienone is 1. The number of halogens is 3. The van der Waals surface area contributed by atoms with E-state index in [4.69, 9.17) is 20.6 Å². The number of guanidine groups is 1. The lowest BCUT2D eigenvalue weighted by atomic mass is 9.87. The summed E-state index contributed by atoms with van der Waals surface area (Å²) < 4.78 is 50.9. The first kappa shape index (κ1) is 30.1. The van der Waals surface area contributed by atoms with Gasteiger partial charge in [0.25, 0.3) is 0 Å². The van der Waals surface area contributed by atoms with Crippen molar-refractivity contribution in [1.29, 1.82) is 10.7 Å². The van der Waals surface area contributed by atoms with Crippen LogP contribution in [0.3, 0.4) is 0 Å². The third-order valence-corrected chi connectivity index (χ3v) is 7.04. The monoisotopic (exact) mass is 584 g/mol. The smallest absolute Gasteiger partial charge is 0.416 e. The van der Waals surface area contributed by atoms with Crippen molar-refractivity contribution < 1.29 is 37.0 Å². The van der Waals surface area contributed by atoms with Gasteiger partial charge in [0, 0.05) is 24.5 Å².